The van der Waals surface area contributed by atoms with Gasteiger partial charge >= 0.3 is 0 Å². The van der Waals surface area contributed by atoms with Crippen LogP contribution in [0, 0.1) is 5.82 Å². The molecule has 0 aliphatic carbocycles. The largest absolute Gasteiger partial charge is 0.478 e. The highest BCUT2D eigenvalue weighted by Gasteiger charge is 2.25. The summed E-state index contributed by atoms with van der Waals surface area (Å²) in [4.78, 5) is 15.8. The van der Waals surface area contributed by atoms with Gasteiger partial charge in [-0.2, -0.15) is 0 Å². The molecule has 3 rings (SSSR count). The average Bonchev–Trinajstić information content (AvgIpc) is 2.71. The van der Waals surface area contributed by atoms with Gasteiger partial charge in [-0.25, -0.2) is 9.37 Å². The molecule has 1 aliphatic rings. The number of aromatic nitrogens is 1. The molecule has 2 heterocycles. The van der Waals surface area contributed by atoms with Gasteiger partial charge in [0.05, 0.1) is 10.2 Å². The topological polar surface area (TPSA) is 51.2 Å². The van der Waals surface area contributed by atoms with Gasteiger partial charge in [-0.05, 0) is 15.9 Å². The molecule has 1 atom stereocenters. The van der Waals surface area contributed by atoms with Crippen molar-refractivity contribution < 1.29 is 13.9 Å². The van der Waals surface area contributed by atoms with Crippen molar-refractivity contribution in [3.05, 3.63) is 21.9 Å². The molecule has 1 saturated heterocycles. The number of Topliss-reactive ketones (excluding diaryl/α,β-unsaturated/α-hetero) is 1. The molecule has 1 N–H and O–H groups in total. The Morgan fingerprint density at radius 3 is 3.16 bits per heavy atom. The predicted molar refractivity (Wildman–Crippen MR) is 74.2 cm³/mol. The maximum absolute atomic E-state index is 13.9. The number of carbonyl (C=O) groups excluding carboxylic acids is 1. The third-order valence-corrected chi connectivity index (χ3v) is 4.39. The molecule has 0 spiro atoms. The van der Waals surface area contributed by atoms with Crippen LogP contribution in [0.3, 0.4) is 0 Å². The lowest BCUT2D eigenvalue weighted by molar-refractivity contribution is -0.127. The Kier molecular flexibility index (Phi) is 3.51. The zero-order valence-electron chi connectivity index (χ0n) is 9.78. The second kappa shape index (κ2) is 5.15. The van der Waals surface area contributed by atoms with Gasteiger partial charge in [0.1, 0.15) is 0 Å². The number of fused-ring (bicyclic) bond motifs is 1. The summed E-state index contributed by atoms with van der Waals surface area (Å²) in [6, 6.07) is 2.92. The van der Waals surface area contributed by atoms with Crippen LogP contribution in [0.25, 0.3) is 10.2 Å². The molecule has 19 heavy (non-hydrogen) atoms. The summed E-state index contributed by atoms with van der Waals surface area (Å²) < 4.78 is 20.9. The van der Waals surface area contributed by atoms with Gasteiger partial charge in [0, 0.05) is 31.6 Å². The molecule has 2 aromatic rings. The zero-order chi connectivity index (χ0) is 13.4. The Bertz CT molecular complexity index is 646. The average molecular weight is 345 g/mol. The van der Waals surface area contributed by atoms with Crippen molar-refractivity contribution in [3.8, 4) is 5.75 Å². The lowest BCUT2D eigenvalue weighted by Crippen LogP contribution is -2.44. The van der Waals surface area contributed by atoms with Crippen molar-refractivity contribution in [2.24, 2.45) is 0 Å². The van der Waals surface area contributed by atoms with Crippen molar-refractivity contribution >= 4 is 43.3 Å². The van der Waals surface area contributed by atoms with Crippen LogP contribution in [-0.4, -0.2) is 30.0 Å². The quantitative estimate of drug-likeness (QED) is 0.909. The van der Waals surface area contributed by atoms with Crippen molar-refractivity contribution in [3.63, 3.8) is 0 Å². The predicted octanol–water partition coefficient (Wildman–Crippen LogP) is 2.51. The fraction of sp³-hybridized carbons (Fsp3) is 0.333. The van der Waals surface area contributed by atoms with Crippen molar-refractivity contribution in [2.75, 3.05) is 13.1 Å². The van der Waals surface area contributed by atoms with Crippen LogP contribution in [0.1, 0.15) is 6.42 Å². The molecule has 1 aromatic carbocycles. The number of ether oxygens (including phenoxy) is 1. The minimum absolute atomic E-state index is 0.00346. The number of piperidine rings is 1. The van der Waals surface area contributed by atoms with E-state index in [9.17, 15) is 9.18 Å². The molecule has 0 saturated carbocycles. The third-order valence-electron chi connectivity index (χ3n) is 2.92. The minimum atomic E-state index is -0.614. The van der Waals surface area contributed by atoms with Crippen LogP contribution < -0.4 is 10.1 Å². The number of nitrogens with zero attached hydrogens (tertiary/aromatic N) is 1. The number of benzene rings is 1. The first-order valence-electron chi connectivity index (χ1n) is 5.79. The third kappa shape index (κ3) is 2.63. The Morgan fingerprint density at radius 2 is 2.37 bits per heavy atom. The van der Waals surface area contributed by atoms with E-state index < -0.39 is 11.9 Å². The van der Waals surface area contributed by atoms with Crippen LogP contribution in [0.4, 0.5) is 4.39 Å². The molecule has 0 amide bonds. The highest BCUT2D eigenvalue weighted by atomic mass is 79.9. The van der Waals surface area contributed by atoms with Crippen LogP contribution in [0.15, 0.2) is 16.0 Å². The number of rotatable bonds is 2. The van der Waals surface area contributed by atoms with Crippen LogP contribution in [0.2, 0.25) is 0 Å². The van der Waals surface area contributed by atoms with Gasteiger partial charge in [-0.3, -0.25) is 4.79 Å². The van der Waals surface area contributed by atoms with Gasteiger partial charge in [0.25, 0.3) is 0 Å². The highest BCUT2D eigenvalue weighted by Crippen LogP contribution is 2.31. The molecular weight excluding hydrogens is 335 g/mol. The Morgan fingerprint density at radius 1 is 1.53 bits per heavy atom. The normalized spacial score (nSPS) is 19.9. The molecule has 1 aliphatic heterocycles. The minimum Gasteiger partial charge on any atom is -0.478 e. The first-order valence-corrected chi connectivity index (χ1v) is 7.40. The van der Waals surface area contributed by atoms with Crippen LogP contribution in [0.5, 0.6) is 5.75 Å². The molecule has 0 radical (unpaired) electrons. The first kappa shape index (κ1) is 13.0. The number of ketones is 1. The van der Waals surface area contributed by atoms with E-state index in [0.717, 1.165) is 4.70 Å². The number of halogens is 2. The highest BCUT2D eigenvalue weighted by molar-refractivity contribution is 9.11. The number of carbonyl (C=O) groups is 1. The zero-order valence-corrected chi connectivity index (χ0v) is 12.2. The molecule has 1 unspecified atom stereocenters. The van der Waals surface area contributed by atoms with Gasteiger partial charge in [0.15, 0.2) is 27.4 Å². The number of nitrogens with one attached hydrogen (secondary N) is 1. The second-order valence-electron chi connectivity index (χ2n) is 4.24. The molecule has 100 valence electrons. The van der Waals surface area contributed by atoms with Gasteiger partial charge < -0.3 is 10.1 Å². The summed E-state index contributed by atoms with van der Waals surface area (Å²) in [5, 5.41) is 3.06. The lowest BCUT2D eigenvalue weighted by atomic mass is 10.1. The number of hydrogen-bond acceptors (Lipinski definition) is 5. The summed E-state index contributed by atoms with van der Waals surface area (Å²) in [6.45, 7) is 1.07. The van der Waals surface area contributed by atoms with E-state index in [-0.39, 0.29) is 11.5 Å². The molecule has 4 nitrogen and oxygen atoms in total. The van der Waals surface area contributed by atoms with E-state index in [1.54, 1.807) is 6.07 Å². The van der Waals surface area contributed by atoms with Gasteiger partial charge in [0.2, 0.25) is 0 Å². The lowest BCUT2D eigenvalue weighted by Gasteiger charge is -2.22. The maximum Gasteiger partial charge on any atom is 0.175 e. The van der Waals surface area contributed by atoms with Crippen LogP contribution in [-0.2, 0) is 4.79 Å². The molecule has 1 fully saturated rings. The van der Waals surface area contributed by atoms with E-state index in [1.807, 2.05) is 0 Å². The van der Waals surface area contributed by atoms with Gasteiger partial charge in [-0.15, -0.1) is 11.3 Å². The number of thiazole rings is 1. The van der Waals surface area contributed by atoms with E-state index in [4.69, 9.17) is 4.74 Å². The summed E-state index contributed by atoms with van der Waals surface area (Å²) in [5.41, 5.74) is 0.579. The fourth-order valence-electron chi connectivity index (χ4n) is 1.97. The van der Waals surface area contributed by atoms with Crippen molar-refractivity contribution in [1.82, 2.24) is 10.3 Å². The second-order valence-corrected chi connectivity index (χ2v) is 6.55. The number of hydrogen-bond donors (Lipinski definition) is 1. The van der Waals surface area contributed by atoms with E-state index in [2.05, 4.69) is 26.2 Å². The Labute approximate surface area is 121 Å². The smallest absolute Gasteiger partial charge is 0.175 e. The summed E-state index contributed by atoms with van der Waals surface area (Å²) in [5.74, 6) is -0.391. The SMILES string of the molecule is O=C1CCNCC1Oc1cc2sc(Br)nc2cc1F. The Hall–Kier alpha value is -1.05. The van der Waals surface area contributed by atoms with E-state index in [1.165, 1.54) is 17.4 Å². The Balaban J connectivity index is 1.91. The summed E-state index contributed by atoms with van der Waals surface area (Å²) >= 11 is 4.66. The van der Waals surface area contributed by atoms with E-state index >= 15 is 0 Å². The van der Waals surface area contributed by atoms with Gasteiger partial charge in [-0.1, -0.05) is 0 Å². The molecular formula is C12H10BrFN2O2S. The maximum atomic E-state index is 13.9. The van der Waals surface area contributed by atoms with Crippen molar-refractivity contribution in [1.29, 1.82) is 0 Å². The molecule has 0 bridgehead atoms. The monoisotopic (exact) mass is 344 g/mol. The summed E-state index contributed by atoms with van der Waals surface area (Å²) in [7, 11) is 0. The van der Waals surface area contributed by atoms with Crippen molar-refractivity contribution in [2.45, 2.75) is 12.5 Å². The molecule has 1 aromatic heterocycles. The summed E-state index contributed by atoms with van der Waals surface area (Å²) in [6.07, 6.45) is -0.197. The first-order chi connectivity index (χ1) is 9.13. The van der Waals surface area contributed by atoms with Crippen LogP contribution >= 0.6 is 27.3 Å². The fourth-order valence-corrected chi connectivity index (χ4v) is 3.39. The van der Waals surface area contributed by atoms with E-state index in [0.29, 0.717) is 28.9 Å². The standard InChI is InChI=1S/C12H10BrFN2O2S/c13-12-16-7-3-6(14)9(4-11(7)19-12)18-10-5-15-2-1-8(10)17/h3-4,10,15H,1-2,5H2. The molecule has 7 heteroatoms.